The first kappa shape index (κ1) is 16.1. The Balaban J connectivity index is 2.90. The van der Waals surface area contributed by atoms with Gasteiger partial charge in [0.25, 0.3) is 5.56 Å². The van der Waals surface area contributed by atoms with Crippen LogP contribution in [0.1, 0.15) is 0 Å². The van der Waals surface area contributed by atoms with Crippen molar-refractivity contribution in [1.82, 2.24) is 14.5 Å². The van der Waals surface area contributed by atoms with E-state index in [0.29, 0.717) is 0 Å². The number of amides is 1. The van der Waals surface area contributed by atoms with E-state index in [9.17, 15) is 14.4 Å². The molecular weight excluding hydrogens is 270 g/mol. The zero-order chi connectivity index (χ0) is 15.3. The third-order valence-corrected chi connectivity index (χ3v) is 2.89. The van der Waals surface area contributed by atoms with Gasteiger partial charge in [0, 0.05) is 19.3 Å². The number of aliphatic hydroxyl groups excluding tert-OH is 3. The number of aliphatic hydroxyl groups is 3. The van der Waals surface area contributed by atoms with E-state index < -0.39 is 49.1 Å². The largest absolute Gasteiger partial charge is 0.394 e. The molecule has 1 aromatic rings. The van der Waals surface area contributed by atoms with Crippen LogP contribution in [0.15, 0.2) is 21.9 Å². The topological polar surface area (TPSA) is 134 Å². The molecule has 20 heavy (non-hydrogen) atoms. The average Bonchev–Trinajstić information content (AvgIpc) is 2.45. The number of nitrogens with one attached hydrogen (secondary N) is 1. The highest BCUT2D eigenvalue weighted by molar-refractivity contribution is 5.76. The summed E-state index contributed by atoms with van der Waals surface area (Å²) in [5, 5.41) is 29.5. The van der Waals surface area contributed by atoms with Crippen LogP contribution in [-0.2, 0) is 18.4 Å². The fraction of sp³-hybridized carbons (Fsp3) is 0.545. The van der Waals surface area contributed by atoms with E-state index in [1.54, 1.807) is 0 Å². The molecule has 112 valence electrons. The molecule has 1 heterocycles. The highest BCUT2D eigenvalue weighted by Gasteiger charge is 2.29. The zero-order valence-electron chi connectivity index (χ0n) is 10.9. The van der Waals surface area contributed by atoms with E-state index in [1.807, 2.05) is 0 Å². The van der Waals surface area contributed by atoms with Crippen molar-refractivity contribution in [3.8, 4) is 0 Å². The number of hydrogen-bond acceptors (Lipinski definition) is 6. The molecule has 0 spiro atoms. The Hall–Kier alpha value is -1.97. The van der Waals surface area contributed by atoms with Crippen molar-refractivity contribution in [2.75, 3.05) is 19.8 Å². The quantitative estimate of drug-likeness (QED) is 0.427. The van der Waals surface area contributed by atoms with Crippen molar-refractivity contribution in [3.05, 3.63) is 33.1 Å². The van der Waals surface area contributed by atoms with E-state index in [-0.39, 0.29) is 0 Å². The lowest BCUT2D eigenvalue weighted by Gasteiger charge is -2.28. The van der Waals surface area contributed by atoms with Crippen molar-refractivity contribution < 1.29 is 20.1 Å². The summed E-state index contributed by atoms with van der Waals surface area (Å²) >= 11 is 0. The molecule has 1 amide bonds. The van der Waals surface area contributed by atoms with Crippen molar-refractivity contribution in [3.63, 3.8) is 0 Å². The molecule has 0 aliphatic heterocycles. The number of rotatable bonds is 6. The predicted octanol–water partition coefficient (Wildman–Crippen LogP) is -3.62. The Morgan fingerprint density at radius 3 is 2.30 bits per heavy atom. The van der Waals surface area contributed by atoms with Gasteiger partial charge in [-0.05, 0) is 0 Å². The fourth-order valence-corrected chi connectivity index (χ4v) is 1.50. The normalized spacial score (nSPS) is 11.4. The molecule has 9 heteroatoms. The van der Waals surface area contributed by atoms with Gasteiger partial charge < -0.3 is 20.6 Å². The standard InChI is InChI=1S/C11H17N3O6/c1-13-9(19)2-3-14(10(13)20)4-8(18)12-11(5-15,6-16)7-17/h2-3,15-17H,4-7H2,1H3,(H,12,18). The van der Waals surface area contributed by atoms with Crippen LogP contribution >= 0.6 is 0 Å². The molecule has 0 saturated carbocycles. The first-order chi connectivity index (χ1) is 9.39. The molecule has 0 saturated heterocycles. The maximum absolute atomic E-state index is 11.8. The Bertz CT molecular complexity index is 578. The van der Waals surface area contributed by atoms with Crippen LogP contribution < -0.4 is 16.6 Å². The van der Waals surface area contributed by atoms with Crippen LogP contribution in [0.3, 0.4) is 0 Å². The highest BCUT2D eigenvalue weighted by atomic mass is 16.3. The molecule has 0 aromatic carbocycles. The van der Waals surface area contributed by atoms with Crippen molar-refractivity contribution in [1.29, 1.82) is 0 Å². The molecule has 1 rings (SSSR count). The van der Waals surface area contributed by atoms with Crippen LogP contribution in [0.2, 0.25) is 0 Å². The summed E-state index contributed by atoms with van der Waals surface area (Å²) in [6, 6.07) is 1.13. The lowest BCUT2D eigenvalue weighted by atomic mass is 10.0. The molecule has 0 atom stereocenters. The summed E-state index contributed by atoms with van der Waals surface area (Å²) in [5.74, 6) is -0.692. The van der Waals surface area contributed by atoms with Crippen LogP contribution in [0.5, 0.6) is 0 Å². The van der Waals surface area contributed by atoms with Crippen molar-refractivity contribution in [2.45, 2.75) is 12.1 Å². The van der Waals surface area contributed by atoms with Gasteiger partial charge in [0.15, 0.2) is 0 Å². The molecule has 0 bridgehead atoms. The van der Waals surface area contributed by atoms with Crippen molar-refractivity contribution >= 4 is 5.91 Å². The summed E-state index contributed by atoms with van der Waals surface area (Å²) in [7, 11) is 1.28. The predicted molar refractivity (Wildman–Crippen MR) is 68.1 cm³/mol. The van der Waals surface area contributed by atoms with E-state index in [2.05, 4.69) is 5.32 Å². The Kier molecular flexibility index (Phi) is 5.19. The molecule has 0 aliphatic rings. The zero-order valence-corrected chi connectivity index (χ0v) is 10.9. The molecule has 1 aromatic heterocycles. The van der Waals surface area contributed by atoms with Crippen LogP contribution in [0.4, 0.5) is 0 Å². The smallest absolute Gasteiger partial charge is 0.331 e. The monoisotopic (exact) mass is 287 g/mol. The molecule has 0 radical (unpaired) electrons. The second-order valence-electron chi connectivity index (χ2n) is 4.43. The van der Waals surface area contributed by atoms with Gasteiger partial charge in [0.2, 0.25) is 5.91 Å². The van der Waals surface area contributed by atoms with Gasteiger partial charge >= 0.3 is 5.69 Å². The van der Waals surface area contributed by atoms with Crippen molar-refractivity contribution in [2.24, 2.45) is 7.05 Å². The average molecular weight is 287 g/mol. The van der Waals surface area contributed by atoms with Crippen LogP contribution in [-0.4, -0.2) is 55.7 Å². The van der Waals surface area contributed by atoms with Gasteiger partial charge in [-0.25, -0.2) is 4.79 Å². The molecule has 4 N–H and O–H groups in total. The van der Waals surface area contributed by atoms with Crippen LogP contribution in [0, 0.1) is 0 Å². The van der Waals surface area contributed by atoms with Gasteiger partial charge in [0.05, 0.1) is 19.8 Å². The minimum atomic E-state index is -1.55. The maximum atomic E-state index is 11.8. The Morgan fingerprint density at radius 2 is 1.80 bits per heavy atom. The second-order valence-corrected chi connectivity index (χ2v) is 4.43. The lowest BCUT2D eigenvalue weighted by Crippen LogP contribution is -2.58. The molecule has 0 fully saturated rings. The summed E-state index contributed by atoms with van der Waals surface area (Å²) in [6.07, 6.45) is 1.17. The highest BCUT2D eigenvalue weighted by Crippen LogP contribution is 2.01. The van der Waals surface area contributed by atoms with E-state index in [4.69, 9.17) is 15.3 Å². The van der Waals surface area contributed by atoms with Gasteiger partial charge in [-0.2, -0.15) is 0 Å². The third kappa shape index (κ3) is 3.32. The first-order valence-electron chi connectivity index (χ1n) is 5.79. The summed E-state index contributed by atoms with van der Waals surface area (Å²) < 4.78 is 1.83. The minimum Gasteiger partial charge on any atom is -0.394 e. The van der Waals surface area contributed by atoms with E-state index >= 15 is 0 Å². The molecule has 0 unspecified atom stereocenters. The number of aromatic nitrogens is 2. The maximum Gasteiger partial charge on any atom is 0.331 e. The minimum absolute atomic E-state index is 0.408. The fourth-order valence-electron chi connectivity index (χ4n) is 1.50. The summed E-state index contributed by atoms with van der Waals surface area (Å²) in [6.45, 7) is -2.38. The van der Waals surface area contributed by atoms with E-state index in [0.717, 1.165) is 15.2 Å². The Labute approximate surface area is 113 Å². The van der Waals surface area contributed by atoms with Gasteiger partial charge in [-0.15, -0.1) is 0 Å². The van der Waals surface area contributed by atoms with E-state index in [1.165, 1.54) is 13.2 Å². The molecule has 0 aliphatic carbocycles. The third-order valence-electron chi connectivity index (χ3n) is 2.89. The first-order valence-corrected chi connectivity index (χ1v) is 5.79. The summed E-state index contributed by atoms with van der Waals surface area (Å²) in [5.41, 5.74) is -2.72. The van der Waals surface area contributed by atoms with Crippen LogP contribution in [0.25, 0.3) is 0 Å². The van der Waals surface area contributed by atoms with Gasteiger partial charge in [-0.3, -0.25) is 18.7 Å². The number of carbonyl (C=O) groups is 1. The Morgan fingerprint density at radius 1 is 1.25 bits per heavy atom. The molecular formula is C11H17N3O6. The number of nitrogens with zero attached hydrogens (tertiary/aromatic N) is 2. The lowest BCUT2D eigenvalue weighted by molar-refractivity contribution is -0.126. The number of carbonyl (C=O) groups excluding carboxylic acids is 1. The molecule has 9 nitrogen and oxygen atoms in total. The number of hydrogen-bond donors (Lipinski definition) is 4. The van der Waals surface area contributed by atoms with Gasteiger partial charge in [-0.1, -0.05) is 0 Å². The SMILES string of the molecule is Cn1c(=O)ccn(CC(=O)NC(CO)(CO)CO)c1=O. The second kappa shape index (κ2) is 6.46. The van der Waals surface area contributed by atoms with Gasteiger partial charge in [0.1, 0.15) is 12.1 Å². The summed E-state index contributed by atoms with van der Waals surface area (Å²) in [4.78, 5) is 34.7.